The summed E-state index contributed by atoms with van der Waals surface area (Å²) in [4.78, 5) is 0. The lowest BCUT2D eigenvalue weighted by Gasteiger charge is -2.07. The van der Waals surface area contributed by atoms with Crippen molar-refractivity contribution in [3.8, 4) is 0 Å². The fourth-order valence-electron chi connectivity index (χ4n) is 1.61. The zero-order valence-electron chi connectivity index (χ0n) is 8.12. The Bertz CT molecular complexity index is 398. The van der Waals surface area contributed by atoms with Crippen LogP contribution in [-0.4, -0.2) is 4.57 Å². The van der Waals surface area contributed by atoms with E-state index in [4.69, 9.17) is 0 Å². The molecule has 1 heterocycles. The Hall–Kier alpha value is -1.24. The molecule has 0 unspecified atom stereocenters. The molecule has 0 aliphatic carbocycles. The normalized spacial score (nSPS) is 11.3. The topological polar surface area (TPSA) is 4.93 Å². The van der Waals surface area contributed by atoms with Gasteiger partial charge in [-0.25, -0.2) is 0 Å². The Labute approximate surface area is 79.0 Å². The van der Waals surface area contributed by atoms with Crippen molar-refractivity contribution in [3.05, 3.63) is 36.5 Å². The first-order valence-electron chi connectivity index (χ1n) is 4.73. The Morgan fingerprint density at radius 2 is 2.08 bits per heavy atom. The van der Waals surface area contributed by atoms with Crippen LogP contribution in [0.1, 0.15) is 13.8 Å². The third-order valence-electron chi connectivity index (χ3n) is 2.15. The van der Waals surface area contributed by atoms with Crippen LogP contribution in [0, 0.1) is 12.0 Å². The van der Waals surface area contributed by atoms with Gasteiger partial charge >= 0.3 is 0 Å². The molecule has 0 amide bonds. The van der Waals surface area contributed by atoms with E-state index < -0.39 is 0 Å². The van der Waals surface area contributed by atoms with Crippen LogP contribution in [0.5, 0.6) is 0 Å². The van der Waals surface area contributed by atoms with Gasteiger partial charge in [0.05, 0.1) is 0 Å². The zero-order chi connectivity index (χ0) is 9.26. The van der Waals surface area contributed by atoms with E-state index in [-0.39, 0.29) is 0 Å². The van der Waals surface area contributed by atoms with E-state index in [1.54, 1.807) is 0 Å². The maximum atomic E-state index is 3.26. The van der Waals surface area contributed by atoms with Crippen molar-refractivity contribution in [2.75, 3.05) is 0 Å². The lowest BCUT2D eigenvalue weighted by atomic mass is 10.2. The third kappa shape index (κ3) is 1.59. The summed E-state index contributed by atoms with van der Waals surface area (Å²) in [5.41, 5.74) is 1.29. The number of fused-ring (bicyclic) bond motifs is 1. The van der Waals surface area contributed by atoms with Crippen molar-refractivity contribution >= 4 is 10.9 Å². The number of hydrogen-bond acceptors (Lipinski definition) is 0. The van der Waals surface area contributed by atoms with Crippen LogP contribution in [0.25, 0.3) is 10.9 Å². The van der Waals surface area contributed by atoms with Gasteiger partial charge in [-0.3, -0.25) is 0 Å². The summed E-state index contributed by atoms with van der Waals surface area (Å²) in [7, 11) is 0. The molecule has 0 fully saturated rings. The van der Waals surface area contributed by atoms with Crippen LogP contribution in [0.15, 0.2) is 30.5 Å². The smallest absolute Gasteiger partial charge is 0.0486 e. The zero-order valence-corrected chi connectivity index (χ0v) is 8.12. The highest BCUT2D eigenvalue weighted by atomic mass is 15.0. The van der Waals surface area contributed by atoms with Gasteiger partial charge in [0.1, 0.15) is 0 Å². The summed E-state index contributed by atoms with van der Waals surface area (Å²) in [6.07, 6.45) is 2.05. The van der Waals surface area contributed by atoms with Gasteiger partial charge in [0.15, 0.2) is 0 Å². The number of rotatable bonds is 2. The molecule has 1 aromatic heterocycles. The standard InChI is InChI=1S/C12H14N/c1-10(2)9-13-8-7-11-5-3-4-6-12(11)13/h3-6,8,10H,9H2,1-2H3. The van der Waals surface area contributed by atoms with Crippen LogP contribution in [-0.2, 0) is 6.54 Å². The molecule has 0 aliphatic heterocycles. The Morgan fingerprint density at radius 1 is 1.31 bits per heavy atom. The van der Waals surface area contributed by atoms with Crippen molar-refractivity contribution in [3.63, 3.8) is 0 Å². The van der Waals surface area contributed by atoms with Gasteiger partial charge in [0.2, 0.25) is 0 Å². The fourth-order valence-corrected chi connectivity index (χ4v) is 1.61. The molecule has 0 spiro atoms. The van der Waals surface area contributed by atoms with Crippen molar-refractivity contribution in [1.29, 1.82) is 0 Å². The van der Waals surface area contributed by atoms with Gasteiger partial charge in [-0.15, -0.1) is 0 Å². The SMILES string of the molecule is CC(C)Cn1c[c]c2ccccc21. The highest BCUT2D eigenvalue weighted by Crippen LogP contribution is 2.15. The summed E-state index contributed by atoms with van der Waals surface area (Å²) in [5.74, 6) is 0.684. The molecule has 0 N–H and O–H groups in total. The fraction of sp³-hybridized carbons (Fsp3) is 0.333. The van der Waals surface area contributed by atoms with E-state index in [0.717, 1.165) is 6.54 Å². The maximum absolute atomic E-state index is 3.26. The molecule has 0 saturated heterocycles. The van der Waals surface area contributed by atoms with Gasteiger partial charge < -0.3 is 4.57 Å². The van der Waals surface area contributed by atoms with E-state index in [2.05, 4.69) is 48.7 Å². The van der Waals surface area contributed by atoms with Crippen molar-refractivity contribution in [2.45, 2.75) is 20.4 Å². The minimum Gasteiger partial charge on any atom is -0.347 e. The molecule has 1 heteroatoms. The summed E-state index contributed by atoms with van der Waals surface area (Å²) in [6.45, 7) is 5.54. The maximum Gasteiger partial charge on any atom is 0.0486 e. The molecule has 2 rings (SSSR count). The van der Waals surface area contributed by atoms with E-state index in [0.29, 0.717) is 5.92 Å². The summed E-state index contributed by atoms with van der Waals surface area (Å²) < 4.78 is 2.26. The summed E-state index contributed by atoms with van der Waals surface area (Å²) >= 11 is 0. The molecule has 0 bridgehead atoms. The van der Waals surface area contributed by atoms with E-state index in [1.165, 1.54) is 10.9 Å². The number of nitrogens with zero attached hydrogens (tertiary/aromatic N) is 1. The van der Waals surface area contributed by atoms with Gasteiger partial charge in [0, 0.05) is 29.7 Å². The average molecular weight is 172 g/mol. The Morgan fingerprint density at radius 3 is 2.85 bits per heavy atom. The van der Waals surface area contributed by atoms with Crippen molar-refractivity contribution < 1.29 is 0 Å². The Kier molecular flexibility index (Phi) is 2.09. The van der Waals surface area contributed by atoms with Crippen LogP contribution in [0.3, 0.4) is 0 Å². The minimum absolute atomic E-state index is 0.684. The van der Waals surface area contributed by atoms with Gasteiger partial charge in [-0.1, -0.05) is 32.0 Å². The van der Waals surface area contributed by atoms with Crippen molar-refractivity contribution in [1.82, 2.24) is 4.57 Å². The van der Waals surface area contributed by atoms with E-state index >= 15 is 0 Å². The molecule has 1 radical (unpaired) electrons. The number of aromatic nitrogens is 1. The molecular formula is C12H14N. The minimum atomic E-state index is 0.684. The second-order valence-electron chi connectivity index (χ2n) is 3.84. The molecule has 1 nitrogen and oxygen atoms in total. The first-order valence-corrected chi connectivity index (χ1v) is 4.73. The van der Waals surface area contributed by atoms with Crippen LogP contribution in [0.4, 0.5) is 0 Å². The third-order valence-corrected chi connectivity index (χ3v) is 2.15. The van der Waals surface area contributed by atoms with E-state index in [9.17, 15) is 0 Å². The molecule has 0 aliphatic rings. The predicted molar refractivity (Wildman–Crippen MR) is 55.6 cm³/mol. The van der Waals surface area contributed by atoms with Crippen LogP contribution < -0.4 is 0 Å². The highest BCUT2D eigenvalue weighted by Gasteiger charge is 2.01. The van der Waals surface area contributed by atoms with Crippen molar-refractivity contribution in [2.24, 2.45) is 5.92 Å². The first-order chi connectivity index (χ1) is 6.27. The number of benzene rings is 1. The van der Waals surface area contributed by atoms with Gasteiger partial charge in [0.25, 0.3) is 0 Å². The monoisotopic (exact) mass is 172 g/mol. The second-order valence-corrected chi connectivity index (χ2v) is 3.84. The molecule has 2 aromatic rings. The number of hydrogen-bond donors (Lipinski definition) is 0. The second kappa shape index (κ2) is 3.25. The Balaban J connectivity index is 2.46. The highest BCUT2D eigenvalue weighted by molar-refractivity contribution is 5.79. The van der Waals surface area contributed by atoms with Gasteiger partial charge in [-0.2, -0.15) is 0 Å². The summed E-state index contributed by atoms with van der Waals surface area (Å²) in [5, 5.41) is 1.21. The molecule has 67 valence electrons. The molecule has 1 aromatic carbocycles. The molecule has 0 atom stereocenters. The summed E-state index contributed by atoms with van der Waals surface area (Å²) in [6, 6.07) is 11.6. The van der Waals surface area contributed by atoms with Crippen LogP contribution >= 0.6 is 0 Å². The largest absolute Gasteiger partial charge is 0.347 e. The molecule has 0 saturated carbocycles. The molecule has 13 heavy (non-hydrogen) atoms. The molecular weight excluding hydrogens is 158 g/mol. The lowest BCUT2D eigenvalue weighted by molar-refractivity contribution is 0.535. The van der Waals surface area contributed by atoms with E-state index in [1.807, 2.05) is 6.20 Å². The van der Waals surface area contributed by atoms with Crippen LogP contribution in [0.2, 0.25) is 0 Å². The number of para-hydroxylation sites is 1. The average Bonchev–Trinajstić information content (AvgIpc) is 2.48. The van der Waals surface area contributed by atoms with Gasteiger partial charge in [-0.05, 0) is 12.0 Å². The lowest BCUT2D eigenvalue weighted by Crippen LogP contribution is -2.02. The predicted octanol–water partition coefficient (Wildman–Crippen LogP) is 3.10. The first kappa shape index (κ1) is 8.36. The quantitative estimate of drug-likeness (QED) is 0.656.